The van der Waals surface area contributed by atoms with Crippen molar-refractivity contribution in [3.8, 4) is 5.75 Å². The number of hydrogen-bond acceptors (Lipinski definition) is 4. The highest BCUT2D eigenvalue weighted by Gasteiger charge is 2.71. The zero-order valence-corrected chi connectivity index (χ0v) is 20.3. The first kappa shape index (κ1) is 28.3. The molecule has 0 aromatic heterocycles. The first-order valence-electron chi connectivity index (χ1n) is 11.3. The molecule has 1 fully saturated rings. The van der Waals surface area contributed by atoms with Gasteiger partial charge < -0.3 is 14.7 Å². The van der Waals surface area contributed by atoms with Crippen molar-refractivity contribution in [2.75, 3.05) is 20.2 Å². The van der Waals surface area contributed by atoms with Crippen molar-refractivity contribution in [1.82, 2.24) is 9.80 Å². The average molecular weight is 532 g/mol. The van der Waals surface area contributed by atoms with Crippen LogP contribution in [0.25, 0.3) is 0 Å². The van der Waals surface area contributed by atoms with Crippen molar-refractivity contribution in [1.29, 1.82) is 0 Å². The summed E-state index contributed by atoms with van der Waals surface area (Å²) in [6.07, 6.45) is -11.9. The number of carbonyl (C=O) groups excluding carboxylic acids is 2. The molecule has 6 nitrogen and oxygen atoms in total. The Labute approximate surface area is 209 Å². The SMILES string of the molecule is CN1C(=O)N(CCCOc2ccc(C(O)(C(F)(F)F)C(F)(F)F)cc2Cc2ccccc2)C(=O)C1(C)C. The molecular weight excluding hydrogens is 506 g/mol. The molecule has 0 radical (unpaired) electrons. The van der Waals surface area contributed by atoms with Gasteiger partial charge in [-0.15, -0.1) is 0 Å². The zero-order chi connectivity index (χ0) is 27.8. The molecule has 202 valence electrons. The Bertz CT molecular complexity index is 1130. The number of ether oxygens (including phenoxy) is 1. The maximum Gasteiger partial charge on any atom is 0.430 e. The van der Waals surface area contributed by atoms with E-state index in [1.165, 1.54) is 11.9 Å². The molecule has 2 aromatic carbocycles. The number of alkyl halides is 6. The van der Waals surface area contributed by atoms with Gasteiger partial charge in [0.25, 0.3) is 11.5 Å². The maximum absolute atomic E-state index is 13.4. The highest BCUT2D eigenvalue weighted by molar-refractivity contribution is 6.06. The van der Waals surface area contributed by atoms with E-state index in [4.69, 9.17) is 4.74 Å². The van der Waals surface area contributed by atoms with Crippen LogP contribution in [-0.2, 0) is 16.8 Å². The van der Waals surface area contributed by atoms with Crippen LogP contribution in [0.5, 0.6) is 5.75 Å². The van der Waals surface area contributed by atoms with E-state index in [2.05, 4.69) is 0 Å². The van der Waals surface area contributed by atoms with Crippen LogP contribution in [0.3, 0.4) is 0 Å². The summed E-state index contributed by atoms with van der Waals surface area (Å²) in [6, 6.07) is 9.90. The lowest BCUT2D eigenvalue weighted by Gasteiger charge is -2.33. The Morgan fingerprint density at radius 1 is 0.946 bits per heavy atom. The van der Waals surface area contributed by atoms with Crippen LogP contribution in [0.1, 0.15) is 37.0 Å². The predicted octanol–water partition coefficient (Wildman–Crippen LogP) is 5.03. The van der Waals surface area contributed by atoms with Gasteiger partial charge in [-0.1, -0.05) is 36.4 Å². The lowest BCUT2D eigenvalue weighted by molar-refractivity contribution is -0.376. The van der Waals surface area contributed by atoms with E-state index in [0.717, 1.165) is 11.0 Å². The van der Waals surface area contributed by atoms with Crippen molar-refractivity contribution in [3.63, 3.8) is 0 Å². The molecule has 0 atom stereocenters. The minimum absolute atomic E-state index is 0.00943. The van der Waals surface area contributed by atoms with E-state index in [0.29, 0.717) is 17.7 Å². The summed E-state index contributed by atoms with van der Waals surface area (Å²) >= 11 is 0. The lowest BCUT2D eigenvalue weighted by atomic mass is 9.89. The van der Waals surface area contributed by atoms with Crippen molar-refractivity contribution in [2.24, 2.45) is 0 Å². The molecular formula is C25H26F6N2O4. The van der Waals surface area contributed by atoms with E-state index >= 15 is 0 Å². The van der Waals surface area contributed by atoms with Crippen molar-refractivity contribution in [2.45, 2.75) is 50.2 Å². The van der Waals surface area contributed by atoms with Gasteiger partial charge in [-0.2, -0.15) is 26.3 Å². The highest BCUT2D eigenvalue weighted by atomic mass is 19.4. The summed E-state index contributed by atoms with van der Waals surface area (Å²) in [5.41, 5.74) is -6.89. The van der Waals surface area contributed by atoms with Crippen LogP contribution < -0.4 is 4.74 Å². The molecule has 0 unspecified atom stereocenters. The van der Waals surface area contributed by atoms with Crippen LogP contribution in [0.2, 0.25) is 0 Å². The minimum Gasteiger partial charge on any atom is -0.493 e. The lowest BCUT2D eigenvalue weighted by Crippen LogP contribution is -2.53. The fourth-order valence-electron chi connectivity index (χ4n) is 3.97. The van der Waals surface area contributed by atoms with E-state index in [1.807, 2.05) is 0 Å². The fourth-order valence-corrected chi connectivity index (χ4v) is 3.97. The van der Waals surface area contributed by atoms with Crippen molar-refractivity contribution >= 4 is 11.9 Å². The third kappa shape index (κ3) is 5.25. The fraction of sp³-hybridized carbons (Fsp3) is 0.440. The molecule has 3 rings (SSSR count). The van der Waals surface area contributed by atoms with Gasteiger partial charge in [-0.05, 0) is 43.5 Å². The number of carbonyl (C=O) groups is 2. The number of nitrogens with zero attached hydrogens (tertiary/aromatic N) is 2. The van der Waals surface area contributed by atoms with Crippen LogP contribution in [0.15, 0.2) is 48.5 Å². The third-order valence-corrected chi connectivity index (χ3v) is 6.44. The number of benzene rings is 2. The molecule has 37 heavy (non-hydrogen) atoms. The Balaban J connectivity index is 1.85. The summed E-state index contributed by atoms with van der Waals surface area (Å²) in [5.74, 6) is -0.386. The predicted molar refractivity (Wildman–Crippen MR) is 121 cm³/mol. The van der Waals surface area contributed by atoms with E-state index in [9.17, 15) is 41.0 Å². The summed E-state index contributed by atoms with van der Waals surface area (Å²) in [4.78, 5) is 27.2. The van der Waals surface area contributed by atoms with Gasteiger partial charge in [0, 0.05) is 25.6 Å². The van der Waals surface area contributed by atoms with Crippen molar-refractivity contribution in [3.05, 3.63) is 65.2 Å². The number of imide groups is 1. The molecule has 0 saturated carbocycles. The molecule has 2 aromatic rings. The Morgan fingerprint density at radius 3 is 2.05 bits per heavy atom. The second-order valence-corrected chi connectivity index (χ2v) is 9.25. The molecule has 12 heteroatoms. The summed E-state index contributed by atoms with van der Waals surface area (Å²) in [5, 5.41) is 9.82. The molecule has 0 aliphatic carbocycles. The second kappa shape index (κ2) is 9.88. The molecule has 1 N–H and O–H groups in total. The van der Waals surface area contributed by atoms with Crippen molar-refractivity contribution < 1.29 is 45.8 Å². The van der Waals surface area contributed by atoms with Gasteiger partial charge in [0.2, 0.25) is 0 Å². The maximum atomic E-state index is 13.4. The van der Waals surface area contributed by atoms with Crippen LogP contribution in [0, 0.1) is 0 Å². The van der Waals surface area contributed by atoms with Crippen LogP contribution in [0.4, 0.5) is 31.1 Å². The average Bonchev–Trinajstić information content (AvgIpc) is 2.95. The quantitative estimate of drug-likeness (QED) is 0.294. The topological polar surface area (TPSA) is 70.1 Å². The van der Waals surface area contributed by atoms with E-state index < -0.39 is 41.0 Å². The summed E-state index contributed by atoms with van der Waals surface area (Å²) in [7, 11) is 1.50. The number of halogens is 6. The van der Waals surface area contributed by atoms with Gasteiger partial charge >= 0.3 is 18.4 Å². The molecule has 0 spiro atoms. The molecule has 3 amide bonds. The first-order chi connectivity index (χ1) is 17.0. The second-order valence-electron chi connectivity index (χ2n) is 9.25. The minimum atomic E-state index is -6.02. The standard InChI is InChI=1S/C25H26F6N2O4/c1-22(2)20(34)33(21(35)32(22)3)12-7-13-37-19-11-10-18(23(36,24(26,27)28)25(29,30)31)15-17(19)14-16-8-5-4-6-9-16/h4-6,8-11,15,36H,7,12-14H2,1-3H3. The van der Waals surface area contributed by atoms with Gasteiger partial charge in [-0.25, -0.2) is 4.79 Å². The Hall–Kier alpha value is -3.28. The summed E-state index contributed by atoms with van der Waals surface area (Å²) < 4.78 is 86.2. The third-order valence-electron chi connectivity index (χ3n) is 6.44. The molecule has 0 bridgehead atoms. The van der Waals surface area contributed by atoms with E-state index in [1.54, 1.807) is 44.2 Å². The number of rotatable bonds is 8. The largest absolute Gasteiger partial charge is 0.493 e. The van der Waals surface area contributed by atoms with Gasteiger partial charge in [-0.3, -0.25) is 9.69 Å². The molecule has 1 heterocycles. The van der Waals surface area contributed by atoms with Gasteiger partial charge in [0.05, 0.1) is 6.61 Å². The number of likely N-dealkylation sites (N-methyl/N-ethyl adjacent to an activating group) is 1. The molecule has 1 aliphatic heterocycles. The summed E-state index contributed by atoms with van der Waals surface area (Å²) in [6.45, 7) is 3.14. The first-order valence-corrected chi connectivity index (χ1v) is 11.3. The number of hydrogen-bond donors (Lipinski definition) is 1. The highest BCUT2D eigenvalue weighted by Crippen LogP contribution is 2.50. The van der Waals surface area contributed by atoms with E-state index in [-0.39, 0.29) is 37.3 Å². The van der Waals surface area contributed by atoms with Gasteiger partial charge in [0.15, 0.2) is 0 Å². The zero-order valence-electron chi connectivity index (χ0n) is 20.3. The monoisotopic (exact) mass is 532 g/mol. The number of aliphatic hydroxyl groups is 1. The Morgan fingerprint density at radius 2 is 1.54 bits per heavy atom. The molecule has 1 saturated heterocycles. The number of urea groups is 1. The molecule has 1 aliphatic rings. The smallest absolute Gasteiger partial charge is 0.430 e. The number of amides is 3. The van der Waals surface area contributed by atoms with Gasteiger partial charge in [0.1, 0.15) is 11.3 Å². The van der Waals surface area contributed by atoms with Crippen LogP contribution in [-0.4, -0.2) is 64.9 Å². The van der Waals surface area contributed by atoms with Crippen LogP contribution >= 0.6 is 0 Å². The Kier molecular flexibility index (Phi) is 7.56. The normalized spacial score (nSPS) is 16.5.